The molecule has 0 aromatic rings. The zero-order chi connectivity index (χ0) is 33.4. The third-order valence-electron chi connectivity index (χ3n) is 10.3. The maximum atomic E-state index is 12.2. The maximum Gasteiger partial charge on any atom is 0.308 e. The lowest BCUT2D eigenvalue weighted by atomic mass is 9.89. The summed E-state index contributed by atoms with van der Waals surface area (Å²) in [6.45, 7) is 15.2. The molecule has 0 amide bonds. The van der Waals surface area contributed by atoms with Crippen LogP contribution in [0.5, 0.6) is 0 Å². The van der Waals surface area contributed by atoms with Gasteiger partial charge in [0.1, 0.15) is 0 Å². The van der Waals surface area contributed by atoms with Gasteiger partial charge in [0.05, 0.1) is 12.5 Å². The van der Waals surface area contributed by atoms with Crippen LogP contribution < -0.4 is 0 Å². The highest BCUT2D eigenvalue weighted by Crippen LogP contribution is 2.26. The van der Waals surface area contributed by atoms with Gasteiger partial charge in [0.25, 0.3) is 0 Å². The maximum absolute atomic E-state index is 12.2. The van der Waals surface area contributed by atoms with Gasteiger partial charge in [0.2, 0.25) is 0 Å². The summed E-state index contributed by atoms with van der Waals surface area (Å²) in [5, 5.41) is 0. The quantitative estimate of drug-likeness (QED) is 0.0395. The minimum absolute atomic E-state index is 0.0393. The molecule has 0 aliphatic carbocycles. The van der Waals surface area contributed by atoms with Gasteiger partial charge in [-0.25, -0.2) is 0 Å². The fourth-order valence-corrected chi connectivity index (χ4v) is 6.98. The van der Waals surface area contributed by atoms with E-state index in [0.717, 1.165) is 43.9 Å². The fourth-order valence-electron chi connectivity index (χ4n) is 6.98. The molecule has 0 aliphatic heterocycles. The molecule has 0 bridgehead atoms. The summed E-state index contributed by atoms with van der Waals surface area (Å²) in [7, 11) is 4.42. The van der Waals surface area contributed by atoms with E-state index >= 15 is 0 Å². The Kier molecular flexibility index (Phi) is 32.5. The summed E-state index contributed by atoms with van der Waals surface area (Å²) in [6.07, 6.45) is 36.7. The van der Waals surface area contributed by atoms with Gasteiger partial charge in [-0.05, 0) is 90.3 Å². The first-order valence-electron chi connectivity index (χ1n) is 20.4. The van der Waals surface area contributed by atoms with Crippen molar-refractivity contribution in [3.63, 3.8) is 0 Å². The molecule has 3 nitrogen and oxygen atoms in total. The highest BCUT2D eigenvalue weighted by molar-refractivity contribution is 5.72. The lowest BCUT2D eigenvalue weighted by Crippen LogP contribution is -2.17. The molecule has 268 valence electrons. The lowest BCUT2D eigenvalue weighted by Gasteiger charge is -2.18. The van der Waals surface area contributed by atoms with Gasteiger partial charge in [-0.2, -0.15) is 0 Å². The van der Waals surface area contributed by atoms with Crippen LogP contribution in [0.4, 0.5) is 0 Å². The van der Waals surface area contributed by atoms with E-state index in [9.17, 15) is 4.79 Å². The molecule has 0 aromatic heterocycles. The topological polar surface area (TPSA) is 29.5 Å². The number of nitrogens with zero attached hydrogens (tertiary/aromatic N) is 1. The lowest BCUT2D eigenvalue weighted by molar-refractivity contribution is -0.149. The Bertz CT molecular complexity index is 597. The minimum Gasteiger partial charge on any atom is -0.465 e. The summed E-state index contributed by atoms with van der Waals surface area (Å²) >= 11 is 0. The molecule has 3 atom stereocenters. The average Bonchev–Trinajstić information content (AvgIpc) is 3.02. The number of hydrogen-bond acceptors (Lipinski definition) is 3. The minimum atomic E-state index is 0.0393. The van der Waals surface area contributed by atoms with Gasteiger partial charge in [0, 0.05) is 0 Å². The van der Waals surface area contributed by atoms with Gasteiger partial charge >= 0.3 is 5.97 Å². The predicted molar refractivity (Wildman–Crippen MR) is 201 cm³/mol. The third kappa shape index (κ3) is 27.9. The van der Waals surface area contributed by atoms with Gasteiger partial charge in [-0.15, -0.1) is 0 Å². The SMILES string of the molecule is C=C(CCCCCCCCCCC(CCCCCCCCCOC(=O)C(CC)CCCC)CCCN(C)C)C(CC)CCCC. The van der Waals surface area contributed by atoms with Crippen LogP contribution in [0.15, 0.2) is 12.2 Å². The normalized spacial score (nSPS) is 13.7. The number of carbonyl (C=O) groups is 1. The number of esters is 1. The Morgan fingerprint density at radius 2 is 1.00 bits per heavy atom. The molecule has 3 unspecified atom stereocenters. The fraction of sp³-hybridized carbons (Fsp3) is 0.929. The molecular formula is C42H83NO2. The van der Waals surface area contributed by atoms with Crippen molar-refractivity contribution < 1.29 is 9.53 Å². The zero-order valence-corrected chi connectivity index (χ0v) is 31.9. The summed E-state index contributed by atoms with van der Waals surface area (Å²) in [5.41, 5.74) is 1.53. The van der Waals surface area contributed by atoms with E-state index in [2.05, 4.69) is 53.3 Å². The molecule has 0 spiro atoms. The van der Waals surface area contributed by atoms with Crippen LogP contribution in [-0.4, -0.2) is 38.1 Å². The predicted octanol–water partition coefficient (Wildman–Crippen LogP) is 13.5. The van der Waals surface area contributed by atoms with Crippen molar-refractivity contribution in [3.05, 3.63) is 12.2 Å². The Labute approximate surface area is 284 Å². The Morgan fingerprint density at radius 1 is 0.556 bits per heavy atom. The van der Waals surface area contributed by atoms with E-state index in [1.54, 1.807) is 0 Å². The summed E-state index contributed by atoms with van der Waals surface area (Å²) < 4.78 is 5.57. The molecular weight excluding hydrogens is 550 g/mol. The molecule has 0 aliphatic rings. The number of ether oxygens (including phenoxy) is 1. The Morgan fingerprint density at radius 3 is 1.49 bits per heavy atom. The van der Waals surface area contributed by atoms with Crippen molar-refractivity contribution in [1.29, 1.82) is 0 Å². The molecule has 0 saturated heterocycles. The second-order valence-corrected chi connectivity index (χ2v) is 14.8. The zero-order valence-electron chi connectivity index (χ0n) is 31.9. The first kappa shape index (κ1) is 44.2. The molecule has 0 heterocycles. The van der Waals surface area contributed by atoms with Crippen LogP contribution in [0.25, 0.3) is 0 Å². The van der Waals surface area contributed by atoms with E-state index in [1.807, 2.05) is 0 Å². The highest BCUT2D eigenvalue weighted by atomic mass is 16.5. The molecule has 0 rings (SSSR count). The highest BCUT2D eigenvalue weighted by Gasteiger charge is 2.17. The van der Waals surface area contributed by atoms with E-state index in [4.69, 9.17) is 4.74 Å². The molecule has 3 heteroatoms. The monoisotopic (exact) mass is 634 g/mol. The van der Waals surface area contributed by atoms with Crippen LogP contribution in [-0.2, 0) is 9.53 Å². The number of allylic oxidation sites excluding steroid dienone is 1. The van der Waals surface area contributed by atoms with Gasteiger partial charge in [0.15, 0.2) is 0 Å². The van der Waals surface area contributed by atoms with Crippen molar-refractivity contribution in [2.75, 3.05) is 27.2 Å². The van der Waals surface area contributed by atoms with E-state index in [0.29, 0.717) is 6.61 Å². The molecule has 0 saturated carbocycles. The van der Waals surface area contributed by atoms with Gasteiger partial charge in [-0.1, -0.05) is 162 Å². The number of rotatable bonds is 35. The smallest absolute Gasteiger partial charge is 0.308 e. The largest absolute Gasteiger partial charge is 0.465 e. The molecule has 0 fully saturated rings. The van der Waals surface area contributed by atoms with Crippen molar-refractivity contribution in [2.45, 2.75) is 207 Å². The third-order valence-corrected chi connectivity index (χ3v) is 10.3. The van der Waals surface area contributed by atoms with Crippen molar-refractivity contribution in [2.24, 2.45) is 17.8 Å². The van der Waals surface area contributed by atoms with Crippen LogP contribution in [0, 0.1) is 17.8 Å². The first-order chi connectivity index (χ1) is 21.9. The van der Waals surface area contributed by atoms with Crippen molar-refractivity contribution >= 4 is 5.97 Å². The standard InChI is InChI=1S/C42H83NO2/c1-8-12-34-40(10-3)38(5)30-25-21-17-14-15-18-22-26-31-39(33-29-36-43(6)7)32-27-23-19-16-20-24-28-37-45-42(44)41(11-4)35-13-9-2/h39-41H,5,8-37H2,1-4,6-7H3. The van der Waals surface area contributed by atoms with Crippen LogP contribution in [0.2, 0.25) is 0 Å². The van der Waals surface area contributed by atoms with Gasteiger partial charge < -0.3 is 9.64 Å². The van der Waals surface area contributed by atoms with Gasteiger partial charge in [-0.3, -0.25) is 4.79 Å². The average molecular weight is 634 g/mol. The Balaban J connectivity index is 3.91. The van der Waals surface area contributed by atoms with Crippen LogP contribution in [0.1, 0.15) is 207 Å². The Hall–Kier alpha value is -0.830. The number of carbonyl (C=O) groups excluding carboxylic acids is 1. The number of hydrogen-bond donors (Lipinski definition) is 0. The van der Waals surface area contributed by atoms with Crippen LogP contribution in [0.3, 0.4) is 0 Å². The second-order valence-electron chi connectivity index (χ2n) is 14.8. The first-order valence-corrected chi connectivity index (χ1v) is 20.4. The van der Waals surface area contributed by atoms with Crippen LogP contribution >= 0.6 is 0 Å². The summed E-state index contributed by atoms with van der Waals surface area (Å²) in [6, 6.07) is 0. The van der Waals surface area contributed by atoms with E-state index < -0.39 is 0 Å². The summed E-state index contributed by atoms with van der Waals surface area (Å²) in [5.74, 6) is 1.85. The second kappa shape index (κ2) is 33.1. The molecule has 0 radical (unpaired) electrons. The summed E-state index contributed by atoms with van der Waals surface area (Å²) in [4.78, 5) is 14.6. The number of unbranched alkanes of at least 4 members (excludes halogenated alkanes) is 15. The van der Waals surface area contributed by atoms with Crippen molar-refractivity contribution in [3.8, 4) is 0 Å². The van der Waals surface area contributed by atoms with E-state index in [1.165, 1.54) is 160 Å². The van der Waals surface area contributed by atoms with Crippen molar-refractivity contribution in [1.82, 2.24) is 4.90 Å². The molecule has 0 N–H and O–H groups in total. The molecule has 45 heavy (non-hydrogen) atoms. The van der Waals surface area contributed by atoms with E-state index in [-0.39, 0.29) is 11.9 Å². The molecule has 0 aromatic carbocycles.